The van der Waals surface area contributed by atoms with Crippen LogP contribution in [0.2, 0.25) is 0 Å². The molecule has 0 bridgehead atoms. The minimum atomic E-state index is -0.535. The second-order valence-electron chi connectivity index (χ2n) is 3.74. The lowest BCUT2D eigenvalue weighted by Crippen LogP contribution is -2.22. The van der Waals surface area contributed by atoms with Crippen molar-refractivity contribution in [2.75, 3.05) is 13.7 Å². The van der Waals surface area contributed by atoms with Crippen molar-refractivity contribution in [3.63, 3.8) is 0 Å². The van der Waals surface area contributed by atoms with E-state index in [1.54, 1.807) is 13.2 Å². The highest BCUT2D eigenvalue weighted by molar-refractivity contribution is 5.76. The number of carbonyl (C=O) groups is 1. The Bertz CT molecular complexity index is 419. The van der Waals surface area contributed by atoms with Gasteiger partial charge in [-0.05, 0) is 6.07 Å². The van der Waals surface area contributed by atoms with Gasteiger partial charge in [0.2, 0.25) is 0 Å². The maximum Gasteiger partial charge on any atom is 0.347 e. The molecule has 1 unspecified atom stereocenters. The normalized spacial score (nSPS) is 18.9. The van der Waals surface area contributed by atoms with Crippen molar-refractivity contribution in [1.82, 2.24) is 0 Å². The molecule has 1 aliphatic heterocycles. The zero-order chi connectivity index (χ0) is 12.3. The number of hydrogen-bond acceptors (Lipinski definition) is 5. The minimum absolute atomic E-state index is 0.323. The predicted molar refractivity (Wildman–Crippen MR) is 60.9 cm³/mol. The van der Waals surface area contributed by atoms with Crippen molar-refractivity contribution in [3.8, 4) is 11.5 Å². The van der Waals surface area contributed by atoms with Gasteiger partial charge in [-0.2, -0.15) is 0 Å². The van der Waals surface area contributed by atoms with Crippen molar-refractivity contribution in [3.05, 3.63) is 23.8 Å². The molecule has 0 saturated carbocycles. The van der Waals surface area contributed by atoms with Crippen molar-refractivity contribution in [2.45, 2.75) is 19.1 Å². The summed E-state index contributed by atoms with van der Waals surface area (Å²) in [5, 5.41) is 0. The lowest BCUT2D eigenvalue weighted by Gasteiger charge is -2.14. The summed E-state index contributed by atoms with van der Waals surface area (Å²) in [6, 6.07) is 5.37. The Morgan fingerprint density at radius 1 is 1.53 bits per heavy atom. The van der Waals surface area contributed by atoms with Crippen LogP contribution in [0.15, 0.2) is 18.2 Å². The number of cyclic esters (lactones) is 1. The van der Waals surface area contributed by atoms with Crippen molar-refractivity contribution in [2.24, 2.45) is 5.73 Å². The monoisotopic (exact) mass is 237 g/mol. The van der Waals surface area contributed by atoms with E-state index in [0.29, 0.717) is 31.1 Å². The van der Waals surface area contributed by atoms with E-state index in [2.05, 4.69) is 0 Å². The number of benzene rings is 1. The molecule has 0 spiro atoms. The third-order valence-corrected chi connectivity index (χ3v) is 2.65. The summed E-state index contributed by atoms with van der Waals surface area (Å²) in [7, 11) is 1.57. The highest BCUT2D eigenvalue weighted by Crippen LogP contribution is 2.27. The summed E-state index contributed by atoms with van der Waals surface area (Å²) >= 11 is 0. The van der Waals surface area contributed by atoms with Gasteiger partial charge in [-0.15, -0.1) is 0 Å². The van der Waals surface area contributed by atoms with Gasteiger partial charge in [0.1, 0.15) is 11.5 Å². The molecule has 1 heterocycles. The van der Waals surface area contributed by atoms with Gasteiger partial charge in [0.05, 0.1) is 13.7 Å². The van der Waals surface area contributed by atoms with Gasteiger partial charge in [0.25, 0.3) is 0 Å². The molecule has 5 nitrogen and oxygen atoms in total. The van der Waals surface area contributed by atoms with Crippen LogP contribution >= 0.6 is 0 Å². The van der Waals surface area contributed by atoms with Gasteiger partial charge in [0, 0.05) is 24.6 Å². The van der Waals surface area contributed by atoms with Gasteiger partial charge in [-0.1, -0.05) is 6.07 Å². The average molecular weight is 237 g/mol. The molecule has 1 saturated heterocycles. The molecular formula is C12H15NO4. The quantitative estimate of drug-likeness (QED) is 0.786. The number of nitrogens with two attached hydrogens (primary N) is 1. The fourth-order valence-electron chi connectivity index (χ4n) is 1.68. The second-order valence-corrected chi connectivity index (χ2v) is 3.74. The van der Waals surface area contributed by atoms with E-state index in [9.17, 15) is 4.79 Å². The molecule has 0 amide bonds. The Kier molecular flexibility index (Phi) is 3.49. The van der Waals surface area contributed by atoms with Crippen molar-refractivity contribution in [1.29, 1.82) is 0 Å². The molecule has 92 valence electrons. The smallest absolute Gasteiger partial charge is 0.347 e. The third kappa shape index (κ3) is 2.50. The standard InChI is InChI=1S/C12H15NO4/c1-15-9-3-2-8(7-13)11(6-9)17-10-4-5-16-12(10)14/h2-3,6,10H,4-5,7,13H2,1H3. The van der Waals surface area contributed by atoms with Crippen LogP contribution in [0.3, 0.4) is 0 Å². The Balaban J connectivity index is 2.20. The Hall–Kier alpha value is -1.75. The van der Waals surface area contributed by atoms with E-state index in [1.807, 2.05) is 12.1 Å². The zero-order valence-electron chi connectivity index (χ0n) is 9.64. The first-order valence-corrected chi connectivity index (χ1v) is 5.45. The lowest BCUT2D eigenvalue weighted by molar-refractivity contribution is -0.143. The molecule has 17 heavy (non-hydrogen) atoms. The summed E-state index contributed by atoms with van der Waals surface area (Å²) in [5.74, 6) is 0.926. The van der Waals surface area contributed by atoms with E-state index in [0.717, 1.165) is 5.56 Å². The largest absolute Gasteiger partial charge is 0.497 e. The second kappa shape index (κ2) is 5.05. The van der Waals surface area contributed by atoms with Crippen LogP contribution in [0.25, 0.3) is 0 Å². The molecule has 0 aliphatic carbocycles. The van der Waals surface area contributed by atoms with Crippen LogP contribution in [0.1, 0.15) is 12.0 Å². The fourth-order valence-corrected chi connectivity index (χ4v) is 1.68. The summed E-state index contributed by atoms with van der Waals surface area (Å²) in [6.07, 6.45) is 0.0347. The first-order valence-electron chi connectivity index (χ1n) is 5.45. The van der Waals surface area contributed by atoms with E-state index < -0.39 is 6.10 Å². The van der Waals surface area contributed by atoms with E-state index in [1.165, 1.54) is 0 Å². The van der Waals surface area contributed by atoms with Crippen molar-refractivity contribution < 1.29 is 19.0 Å². The molecule has 0 aromatic heterocycles. The molecular weight excluding hydrogens is 222 g/mol. The first-order chi connectivity index (χ1) is 8.24. The Morgan fingerprint density at radius 3 is 2.94 bits per heavy atom. The number of carbonyl (C=O) groups excluding carboxylic acids is 1. The van der Waals surface area contributed by atoms with Crippen LogP contribution in [0.5, 0.6) is 11.5 Å². The SMILES string of the molecule is COc1ccc(CN)c(OC2CCOC2=O)c1. The van der Waals surface area contributed by atoms with Crippen LogP contribution < -0.4 is 15.2 Å². The minimum Gasteiger partial charge on any atom is -0.497 e. The topological polar surface area (TPSA) is 70.8 Å². The third-order valence-electron chi connectivity index (χ3n) is 2.65. The van der Waals surface area contributed by atoms with Crippen LogP contribution in [-0.4, -0.2) is 25.8 Å². The molecule has 2 N–H and O–H groups in total. The molecule has 1 aromatic carbocycles. The fraction of sp³-hybridized carbons (Fsp3) is 0.417. The summed E-state index contributed by atoms with van der Waals surface area (Å²) in [5.41, 5.74) is 6.45. The van der Waals surface area contributed by atoms with Gasteiger partial charge in [-0.25, -0.2) is 4.79 Å². The van der Waals surface area contributed by atoms with Gasteiger partial charge in [-0.3, -0.25) is 0 Å². The van der Waals surface area contributed by atoms with Gasteiger partial charge in [0.15, 0.2) is 6.10 Å². The summed E-state index contributed by atoms with van der Waals surface area (Å²) in [4.78, 5) is 11.3. The van der Waals surface area contributed by atoms with Gasteiger partial charge < -0.3 is 19.9 Å². The highest BCUT2D eigenvalue weighted by Gasteiger charge is 2.29. The lowest BCUT2D eigenvalue weighted by atomic mass is 10.2. The molecule has 1 atom stereocenters. The number of ether oxygens (including phenoxy) is 3. The van der Waals surface area contributed by atoms with Crippen LogP contribution in [-0.2, 0) is 16.1 Å². The number of rotatable bonds is 4. The first kappa shape index (κ1) is 11.7. The van der Waals surface area contributed by atoms with E-state index >= 15 is 0 Å². The molecule has 1 aromatic rings. The van der Waals surface area contributed by atoms with E-state index in [4.69, 9.17) is 19.9 Å². The maximum atomic E-state index is 11.3. The molecule has 1 fully saturated rings. The predicted octanol–water partition coefficient (Wildman–Crippen LogP) is 0.848. The summed E-state index contributed by atoms with van der Waals surface area (Å²) in [6.45, 7) is 0.756. The summed E-state index contributed by atoms with van der Waals surface area (Å²) < 4.78 is 15.6. The van der Waals surface area contributed by atoms with Crippen LogP contribution in [0, 0.1) is 0 Å². The molecule has 0 radical (unpaired) electrons. The van der Waals surface area contributed by atoms with E-state index in [-0.39, 0.29) is 5.97 Å². The Labute approximate surface area is 99.5 Å². The number of esters is 1. The highest BCUT2D eigenvalue weighted by atomic mass is 16.6. The number of hydrogen-bond donors (Lipinski definition) is 1. The maximum absolute atomic E-state index is 11.3. The molecule has 1 aliphatic rings. The zero-order valence-corrected chi connectivity index (χ0v) is 9.64. The van der Waals surface area contributed by atoms with Crippen molar-refractivity contribution >= 4 is 5.97 Å². The molecule has 2 rings (SSSR count). The molecule has 5 heteroatoms. The average Bonchev–Trinajstić information content (AvgIpc) is 2.75. The Morgan fingerprint density at radius 2 is 2.35 bits per heavy atom. The van der Waals surface area contributed by atoms with Gasteiger partial charge >= 0.3 is 5.97 Å². The van der Waals surface area contributed by atoms with Crippen LogP contribution in [0.4, 0.5) is 0 Å². The number of methoxy groups -OCH3 is 1.